The number of nitrogens with zero attached hydrogens (tertiary/aromatic N) is 2. The van der Waals surface area contributed by atoms with Gasteiger partial charge < -0.3 is 10.4 Å². The normalized spacial score (nSPS) is 12.7. The second kappa shape index (κ2) is 5.49. The number of fused-ring (bicyclic) bond motifs is 1. The van der Waals surface area contributed by atoms with Crippen molar-refractivity contribution in [2.45, 2.75) is 6.42 Å². The quantitative estimate of drug-likeness (QED) is 0.776. The topological polar surface area (TPSA) is 67.1 Å². The summed E-state index contributed by atoms with van der Waals surface area (Å²) < 4.78 is 15.9. The molecule has 1 aromatic heterocycles. The third-order valence-corrected chi connectivity index (χ3v) is 4.14. The van der Waals surface area contributed by atoms with Gasteiger partial charge in [0.05, 0.1) is 11.3 Å². The van der Waals surface area contributed by atoms with Crippen molar-refractivity contribution in [3.8, 4) is 16.9 Å². The van der Waals surface area contributed by atoms with Gasteiger partial charge in [0.25, 0.3) is 0 Å². The number of anilines is 1. The first-order valence-corrected chi connectivity index (χ1v) is 7.59. The van der Waals surface area contributed by atoms with Crippen LogP contribution in [0.3, 0.4) is 0 Å². The smallest absolute Gasteiger partial charge is 0.335 e. The van der Waals surface area contributed by atoms with Gasteiger partial charge in [0.2, 0.25) is 0 Å². The van der Waals surface area contributed by atoms with Crippen molar-refractivity contribution in [1.82, 2.24) is 9.78 Å². The number of carboxylic acid groups (broad SMARTS) is 1. The lowest BCUT2D eigenvalue weighted by Gasteiger charge is -2.06. The Morgan fingerprint density at radius 3 is 2.62 bits per heavy atom. The first kappa shape index (κ1) is 14.4. The van der Waals surface area contributed by atoms with E-state index >= 15 is 0 Å². The Bertz CT molecular complexity index is 932. The number of carboxylic acids is 1. The lowest BCUT2D eigenvalue weighted by molar-refractivity contribution is 0.0697. The van der Waals surface area contributed by atoms with Crippen molar-refractivity contribution in [2.24, 2.45) is 0 Å². The molecule has 0 amide bonds. The highest BCUT2D eigenvalue weighted by atomic mass is 19.1. The summed E-state index contributed by atoms with van der Waals surface area (Å²) in [7, 11) is 0. The molecule has 2 heterocycles. The Kier molecular flexibility index (Phi) is 3.30. The molecular weight excluding hydrogens is 309 g/mol. The molecule has 3 aromatic rings. The van der Waals surface area contributed by atoms with E-state index in [1.165, 1.54) is 18.2 Å². The highest BCUT2D eigenvalue weighted by Gasteiger charge is 2.25. The maximum atomic E-state index is 14.2. The van der Waals surface area contributed by atoms with Crippen molar-refractivity contribution in [2.75, 3.05) is 11.9 Å². The molecule has 0 bridgehead atoms. The highest BCUT2D eigenvalue weighted by molar-refractivity contribution is 5.87. The van der Waals surface area contributed by atoms with E-state index in [9.17, 15) is 9.18 Å². The van der Waals surface area contributed by atoms with Crippen molar-refractivity contribution in [3.63, 3.8) is 0 Å². The van der Waals surface area contributed by atoms with Crippen LogP contribution in [0, 0.1) is 5.82 Å². The fourth-order valence-electron chi connectivity index (χ4n) is 2.98. The van der Waals surface area contributed by atoms with Crippen LogP contribution in [0.1, 0.15) is 15.9 Å². The van der Waals surface area contributed by atoms with Crippen LogP contribution in [0.2, 0.25) is 0 Å². The zero-order valence-corrected chi connectivity index (χ0v) is 12.7. The number of aromatic carboxylic acids is 1. The first-order valence-electron chi connectivity index (χ1n) is 7.59. The molecule has 1 aliphatic heterocycles. The van der Waals surface area contributed by atoms with Crippen LogP contribution in [0.25, 0.3) is 16.9 Å². The Labute approximate surface area is 137 Å². The molecule has 5 nitrogen and oxygen atoms in total. The summed E-state index contributed by atoms with van der Waals surface area (Å²) in [4.78, 5) is 11.0. The molecule has 24 heavy (non-hydrogen) atoms. The van der Waals surface area contributed by atoms with Crippen LogP contribution in [-0.2, 0) is 6.42 Å². The summed E-state index contributed by atoms with van der Waals surface area (Å²) in [5.74, 6) is -0.452. The predicted molar refractivity (Wildman–Crippen MR) is 88.1 cm³/mol. The highest BCUT2D eigenvalue weighted by Crippen LogP contribution is 2.35. The third-order valence-electron chi connectivity index (χ3n) is 4.14. The zero-order chi connectivity index (χ0) is 16.7. The van der Waals surface area contributed by atoms with Crippen LogP contribution in [0.4, 0.5) is 10.2 Å². The number of carbonyl (C=O) groups is 1. The number of hydrogen-bond acceptors (Lipinski definition) is 3. The van der Waals surface area contributed by atoms with E-state index in [1.807, 2.05) is 0 Å². The molecule has 6 heteroatoms. The van der Waals surface area contributed by atoms with Crippen LogP contribution in [0.5, 0.6) is 0 Å². The van der Waals surface area contributed by atoms with E-state index in [0.29, 0.717) is 11.3 Å². The molecule has 0 atom stereocenters. The van der Waals surface area contributed by atoms with E-state index in [1.54, 1.807) is 35.0 Å². The molecule has 0 radical (unpaired) electrons. The summed E-state index contributed by atoms with van der Waals surface area (Å²) in [5, 5.41) is 16.9. The van der Waals surface area contributed by atoms with E-state index in [0.717, 1.165) is 30.0 Å². The summed E-state index contributed by atoms with van der Waals surface area (Å²) in [6.45, 7) is 0.766. The second-order valence-electron chi connectivity index (χ2n) is 5.60. The Morgan fingerprint density at radius 1 is 1.17 bits per heavy atom. The van der Waals surface area contributed by atoms with Crippen molar-refractivity contribution in [1.29, 1.82) is 0 Å². The van der Waals surface area contributed by atoms with Crippen LogP contribution in [-0.4, -0.2) is 27.4 Å². The fraction of sp³-hybridized carbons (Fsp3) is 0.111. The molecule has 0 spiro atoms. The van der Waals surface area contributed by atoms with Gasteiger partial charge in [-0.2, -0.15) is 5.10 Å². The number of hydrogen-bond donors (Lipinski definition) is 2. The average Bonchev–Trinajstić information content (AvgIpc) is 3.18. The minimum absolute atomic E-state index is 0.213. The molecule has 4 rings (SSSR count). The second-order valence-corrected chi connectivity index (χ2v) is 5.60. The number of rotatable bonds is 3. The van der Waals surface area contributed by atoms with Crippen LogP contribution >= 0.6 is 0 Å². The standard InChI is InChI=1S/C18H14FN3O2/c19-15-4-2-1-3-13(15)16-14-9-10-20-17(14)22(21-16)12-7-5-11(6-8-12)18(23)24/h1-8,20H,9-10H2,(H,23,24). The monoisotopic (exact) mass is 323 g/mol. The molecular formula is C18H14FN3O2. The maximum Gasteiger partial charge on any atom is 0.335 e. The fourth-order valence-corrected chi connectivity index (χ4v) is 2.98. The third kappa shape index (κ3) is 2.23. The molecule has 0 fully saturated rings. The van der Waals surface area contributed by atoms with Gasteiger partial charge in [0.1, 0.15) is 17.3 Å². The molecule has 0 aliphatic carbocycles. The number of nitrogens with one attached hydrogen (secondary N) is 1. The van der Waals surface area contributed by atoms with E-state index in [4.69, 9.17) is 5.11 Å². The molecule has 1 aliphatic rings. The Hall–Kier alpha value is -3.15. The molecule has 120 valence electrons. The summed E-state index contributed by atoms with van der Waals surface area (Å²) in [6.07, 6.45) is 0.770. The first-order chi connectivity index (χ1) is 11.6. The Balaban J connectivity index is 1.85. The zero-order valence-electron chi connectivity index (χ0n) is 12.7. The van der Waals surface area contributed by atoms with Gasteiger partial charge in [-0.05, 0) is 42.8 Å². The molecule has 2 N–H and O–H groups in total. The molecule has 2 aromatic carbocycles. The van der Waals surface area contributed by atoms with Gasteiger partial charge in [-0.15, -0.1) is 0 Å². The molecule has 0 unspecified atom stereocenters. The minimum atomic E-state index is -0.975. The van der Waals surface area contributed by atoms with E-state index in [-0.39, 0.29) is 11.4 Å². The van der Waals surface area contributed by atoms with Gasteiger partial charge >= 0.3 is 5.97 Å². The van der Waals surface area contributed by atoms with Crippen molar-refractivity contribution >= 4 is 11.8 Å². The van der Waals surface area contributed by atoms with E-state index < -0.39 is 5.97 Å². The molecule has 0 saturated carbocycles. The SMILES string of the molecule is O=C(O)c1ccc(-n2nc(-c3ccccc3F)c3c2NCC3)cc1. The largest absolute Gasteiger partial charge is 0.478 e. The summed E-state index contributed by atoms with van der Waals surface area (Å²) >= 11 is 0. The maximum absolute atomic E-state index is 14.2. The Morgan fingerprint density at radius 2 is 1.92 bits per heavy atom. The van der Waals surface area contributed by atoms with Gasteiger partial charge in [-0.1, -0.05) is 12.1 Å². The van der Waals surface area contributed by atoms with Gasteiger partial charge in [0, 0.05) is 17.7 Å². The lowest BCUT2D eigenvalue weighted by Crippen LogP contribution is -2.05. The van der Waals surface area contributed by atoms with Crippen LogP contribution in [0.15, 0.2) is 48.5 Å². The number of benzene rings is 2. The number of aromatic nitrogens is 2. The predicted octanol–water partition coefficient (Wildman–Crippen LogP) is 3.34. The summed E-state index contributed by atoms with van der Waals surface area (Å²) in [6, 6.07) is 13.0. The van der Waals surface area contributed by atoms with Crippen molar-refractivity contribution < 1.29 is 14.3 Å². The van der Waals surface area contributed by atoms with Crippen molar-refractivity contribution in [3.05, 3.63) is 65.5 Å². The minimum Gasteiger partial charge on any atom is -0.478 e. The average molecular weight is 323 g/mol. The summed E-state index contributed by atoms with van der Waals surface area (Å²) in [5.41, 5.74) is 3.01. The number of halogens is 1. The van der Waals surface area contributed by atoms with Gasteiger partial charge in [-0.3, -0.25) is 0 Å². The van der Waals surface area contributed by atoms with Gasteiger partial charge in [0.15, 0.2) is 0 Å². The van der Waals surface area contributed by atoms with Gasteiger partial charge in [-0.25, -0.2) is 13.9 Å². The van der Waals surface area contributed by atoms with Crippen LogP contribution < -0.4 is 5.32 Å². The van der Waals surface area contributed by atoms with E-state index in [2.05, 4.69) is 10.4 Å². The molecule has 0 saturated heterocycles. The lowest BCUT2D eigenvalue weighted by atomic mass is 10.1.